The molecule has 0 aromatic heterocycles. The van der Waals surface area contributed by atoms with Gasteiger partial charge in [-0.15, -0.1) is 0 Å². The van der Waals surface area contributed by atoms with E-state index in [1.54, 1.807) is 0 Å². The van der Waals surface area contributed by atoms with Gasteiger partial charge < -0.3 is 15.7 Å². The molecule has 1 fully saturated rings. The van der Waals surface area contributed by atoms with Crippen molar-refractivity contribution in [3.63, 3.8) is 0 Å². The molecule has 3 N–H and O–H groups in total. The quantitative estimate of drug-likeness (QED) is 0.710. The first-order valence-corrected chi connectivity index (χ1v) is 7.05. The van der Waals surface area contributed by atoms with Crippen LogP contribution in [0.4, 0.5) is 0 Å². The maximum absolute atomic E-state index is 11.9. The summed E-state index contributed by atoms with van der Waals surface area (Å²) in [5.74, 6) is -1.08. The summed E-state index contributed by atoms with van der Waals surface area (Å²) in [5.41, 5.74) is -1.06. The predicted octanol–water partition coefficient (Wildman–Crippen LogP) is 1.67. The van der Waals surface area contributed by atoms with Crippen molar-refractivity contribution in [3.05, 3.63) is 0 Å². The fraction of sp³-hybridized carbons (Fsp3) is 0.857. The minimum Gasteiger partial charge on any atom is -0.480 e. The highest BCUT2D eigenvalue weighted by atomic mass is 16.4. The Labute approximate surface area is 115 Å². The smallest absolute Gasteiger partial charge is 0.329 e. The molecule has 5 nitrogen and oxygen atoms in total. The maximum Gasteiger partial charge on any atom is 0.329 e. The van der Waals surface area contributed by atoms with Crippen LogP contribution in [0.3, 0.4) is 0 Å². The van der Waals surface area contributed by atoms with Crippen molar-refractivity contribution in [3.8, 4) is 0 Å². The van der Waals surface area contributed by atoms with Gasteiger partial charge in [0.05, 0.1) is 0 Å². The minimum atomic E-state index is -1.03. The van der Waals surface area contributed by atoms with Crippen LogP contribution in [0.1, 0.15) is 59.3 Å². The van der Waals surface area contributed by atoms with Gasteiger partial charge in [0.1, 0.15) is 5.54 Å². The summed E-state index contributed by atoms with van der Waals surface area (Å²) in [7, 11) is 0. The van der Waals surface area contributed by atoms with Crippen LogP contribution in [0.15, 0.2) is 0 Å². The second kappa shape index (κ2) is 6.37. The highest BCUT2D eigenvalue weighted by molar-refractivity contribution is 5.87. The van der Waals surface area contributed by atoms with Gasteiger partial charge in [-0.1, -0.05) is 19.3 Å². The number of amides is 1. The van der Waals surface area contributed by atoms with Gasteiger partial charge in [-0.2, -0.15) is 0 Å². The van der Waals surface area contributed by atoms with Crippen LogP contribution in [0.2, 0.25) is 0 Å². The second-order valence-corrected chi connectivity index (χ2v) is 6.42. The molecule has 0 aromatic carbocycles. The van der Waals surface area contributed by atoms with Gasteiger partial charge in [0.2, 0.25) is 5.91 Å². The van der Waals surface area contributed by atoms with E-state index in [9.17, 15) is 14.7 Å². The number of hydrogen-bond donors (Lipinski definition) is 3. The summed E-state index contributed by atoms with van der Waals surface area (Å²) in [6.45, 7) is 6.66. The summed E-state index contributed by atoms with van der Waals surface area (Å²) >= 11 is 0. The number of hydrogen-bond acceptors (Lipinski definition) is 3. The monoisotopic (exact) mass is 270 g/mol. The Morgan fingerprint density at radius 1 is 1.16 bits per heavy atom. The lowest BCUT2D eigenvalue weighted by molar-refractivity contribution is -0.149. The van der Waals surface area contributed by atoms with Crippen LogP contribution < -0.4 is 10.6 Å². The number of rotatable bonds is 5. The number of carboxylic acid groups (broad SMARTS) is 1. The molecular formula is C14H26N2O3. The Morgan fingerprint density at radius 2 is 1.74 bits per heavy atom. The predicted molar refractivity (Wildman–Crippen MR) is 74.0 cm³/mol. The van der Waals surface area contributed by atoms with Crippen LogP contribution >= 0.6 is 0 Å². The largest absolute Gasteiger partial charge is 0.480 e. The fourth-order valence-corrected chi connectivity index (χ4v) is 2.43. The zero-order chi connectivity index (χ0) is 14.5. The molecule has 5 heteroatoms. The van der Waals surface area contributed by atoms with Gasteiger partial charge in [0.25, 0.3) is 0 Å². The zero-order valence-electron chi connectivity index (χ0n) is 12.2. The van der Waals surface area contributed by atoms with Crippen LogP contribution in [0, 0.1) is 0 Å². The van der Waals surface area contributed by atoms with Crippen molar-refractivity contribution in [1.29, 1.82) is 0 Å². The van der Waals surface area contributed by atoms with Crippen molar-refractivity contribution < 1.29 is 14.7 Å². The summed E-state index contributed by atoms with van der Waals surface area (Å²) in [4.78, 5) is 23.3. The lowest BCUT2D eigenvalue weighted by Crippen LogP contribution is -2.56. The van der Waals surface area contributed by atoms with E-state index in [1.165, 1.54) is 0 Å². The highest BCUT2D eigenvalue weighted by Gasteiger charge is 2.40. The van der Waals surface area contributed by atoms with E-state index in [0.29, 0.717) is 25.8 Å². The SMILES string of the molecule is CC(C)(C)NCCC(=O)NC1(C(=O)O)CCCCC1. The first-order valence-electron chi connectivity index (χ1n) is 7.05. The number of carbonyl (C=O) groups is 2. The molecule has 1 amide bonds. The average molecular weight is 270 g/mol. The second-order valence-electron chi connectivity index (χ2n) is 6.42. The van der Waals surface area contributed by atoms with Crippen LogP contribution in [-0.4, -0.2) is 34.6 Å². The van der Waals surface area contributed by atoms with E-state index in [-0.39, 0.29) is 11.4 Å². The Balaban J connectivity index is 2.46. The number of carbonyl (C=O) groups excluding carboxylic acids is 1. The molecule has 0 spiro atoms. The normalized spacial score (nSPS) is 18.9. The maximum atomic E-state index is 11.9. The lowest BCUT2D eigenvalue weighted by atomic mass is 9.81. The Kier molecular flexibility index (Phi) is 5.35. The molecule has 0 aliphatic heterocycles. The molecule has 0 aromatic rings. The first-order chi connectivity index (χ1) is 8.75. The number of nitrogens with one attached hydrogen (secondary N) is 2. The third-order valence-electron chi connectivity index (χ3n) is 3.50. The zero-order valence-corrected chi connectivity index (χ0v) is 12.2. The molecule has 19 heavy (non-hydrogen) atoms. The Morgan fingerprint density at radius 3 is 2.21 bits per heavy atom. The minimum absolute atomic E-state index is 0.0321. The van der Waals surface area contributed by atoms with E-state index < -0.39 is 11.5 Å². The molecule has 1 aliphatic rings. The van der Waals surface area contributed by atoms with E-state index in [0.717, 1.165) is 19.3 Å². The molecule has 0 saturated heterocycles. The molecule has 1 saturated carbocycles. The average Bonchev–Trinajstić information content (AvgIpc) is 2.28. The fourth-order valence-electron chi connectivity index (χ4n) is 2.43. The van der Waals surface area contributed by atoms with E-state index in [4.69, 9.17) is 0 Å². The van der Waals surface area contributed by atoms with Gasteiger partial charge in [0.15, 0.2) is 0 Å². The molecular weight excluding hydrogens is 244 g/mol. The molecule has 0 bridgehead atoms. The molecule has 0 radical (unpaired) electrons. The van der Waals surface area contributed by atoms with Crippen molar-refractivity contribution >= 4 is 11.9 Å². The molecule has 0 atom stereocenters. The van der Waals surface area contributed by atoms with Gasteiger partial charge in [-0.3, -0.25) is 4.79 Å². The molecule has 1 aliphatic carbocycles. The molecule has 110 valence electrons. The van der Waals surface area contributed by atoms with Crippen molar-refractivity contribution in [2.45, 2.75) is 70.4 Å². The van der Waals surface area contributed by atoms with Crippen LogP contribution in [0.5, 0.6) is 0 Å². The molecule has 0 heterocycles. The van der Waals surface area contributed by atoms with Crippen molar-refractivity contribution in [2.24, 2.45) is 0 Å². The van der Waals surface area contributed by atoms with E-state index in [2.05, 4.69) is 10.6 Å². The van der Waals surface area contributed by atoms with Gasteiger partial charge in [0, 0.05) is 18.5 Å². The van der Waals surface area contributed by atoms with Crippen LogP contribution in [0.25, 0.3) is 0 Å². The van der Waals surface area contributed by atoms with Crippen molar-refractivity contribution in [2.75, 3.05) is 6.54 Å². The summed E-state index contributed by atoms with van der Waals surface area (Å²) in [6.07, 6.45) is 4.18. The van der Waals surface area contributed by atoms with Crippen molar-refractivity contribution in [1.82, 2.24) is 10.6 Å². The van der Waals surface area contributed by atoms with Gasteiger partial charge >= 0.3 is 5.97 Å². The van der Waals surface area contributed by atoms with Gasteiger partial charge in [-0.05, 0) is 33.6 Å². The van der Waals surface area contributed by atoms with Gasteiger partial charge in [-0.25, -0.2) is 4.79 Å². The Bertz CT molecular complexity index is 328. The lowest BCUT2D eigenvalue weighted by Gasteiger charge is -2.34. The number of aliphatic carboxylic acids is 1. The number of carboxylic acids is 1. The van der Waals surface area contributed by atoms with Crippen LogP contribution in [-0.2, 0) is 9.59 Å². The van der Waals surface area contributed by atoms with E-state index in [1.807, 2.05) is 20.8 Å². The summed E-state index contributed by atoms with van der Waals surface area (Å²) in [5, 5.41) is 15.3. The standard InChI is InChI=1S/C14H26N2O3/c1-13(2,3)15-10-7-11(17)16-14(12(18)19)8-5-4-6-9-14/h15H,4-10H2,1-3H3,(H,16,17)(H,18,19). The first kappa shape index (κ1) is 16.0. The third kappa shape index (κ3) is 5.19. The molecule has 0 unspecified atom stereocenters. The highest BCUT2D eigenvalue weighted by Crippen LogP contribution is 2.28. The molecule has 1 rings (SSSR count). The Hall–Kier alpha value is -1.10. The third-order valence-corrected chi connectivity index (χ3v) is 3.50. The topological polar surface area (TPSA) is 78.4 Å². The van der Waals surface area contributed by atoms with E-state index >= 15 is 0 Å². The summed E-state index contributed by atoms with van der Waals surface area (Å²) < 4.78 is 0. The summed E-state index contributed by atoms with van der Waals surface area (Å²) in [6, 6.07) is 0.